The maximum absolute atomic E-state index is 9.10. The van der Waals surface area contributed by atoms with Gasteiger partial charge in [-0.25, -0.2) is 0 Å². The molecule has 0 saturated heterocycles. The van der Waals surface area contributed by atoms with Crippen LogP contribution in [0.25, 0.3) is 0 Å². The van der Waals surface area contributed by atoms with Crippen molar-refractivity contribution in [3.63, 3.8) is 0 Å². The van der Waals surface area contributed by atoms with Crippen LogP contribution < -0.4 is 0 Å². The van der Waals surface area contributed by atoms with E-state index in [9.17, 15) is 0 Å². The van der Waals surface area contributed by atoms with E-state index in [1.807, 2.05) is 52.0 Å². The van der Waals surface area contributed by atoms with Gasteiger partial charge in [0.2, 0.25) is 0 Å². The quantitative estimate of drug-likeness (QED) is 0.718. The molecule has 2 N–H and O–H groups in total. The van der Waals surface area contributed by atoms with Gasteiger partial charge in [0.05, 0.1) is 0 Å². The number of phenols is 2. The summed E-state index contributed by atoms with van der Waals surface area (Å²) in [6.07, 6.45) is 0. The Bertz CT molecular complexity index is 522. The van der Waals surface area contributed by atoms with Crippen LogP contribution in [0.4, 0.5) is 0 Å². The third-order valence-electron chi connectivity index (χ3n) is 2.94. The first-order valence-electron chi connectivity index (χ1n) is 5.93. The summed E-state index contributed by atoms with van der Waals surface area (Å²) in [5.41, 5.74) is 4.13. The fraction of sp³-hybridized carbons (Fsp3) is 0.250. The number of aromatic hydroxyl groups is 2. The number of phenolic OH excluding ortho intramolecular Hbond substituents is 2. The van der Waals surface area contributed by atoms with Crippen molar-refractivity contribution in [3.05, 3.63) is 58.7 Å². The molecule has 0 spiro atoms. The zero-order chi connectivity index (χ0) is 13.7. The maximum atomic E-state index is 9.10. The average molecular weight is 372 g/mol. The predicted molar refractivity (Wildman–Crippen MR) is 82.4 cm³/mol. The molecule has 2 rings (SSSR count). The van der Waals surface area contributed by atoms with Crippen molar-refractivity contribution in [3.8, 4) is 11.5 Å². The molecule has 2 nitrogen and oxygen atoms in total. The van der Waals surface area contributed by atoms with E-state index in [2.05, 4.69) is 0 Å². The number of aryl methyl sites for hydroxylation is 3. The van der Waals surface area contributed by atoms with Crippen LogP contribution in [0.2, 0.25) is 0 Å². The van der Waals surface area contributed by atoms with Gasteiger partial charge in [-0.3, -0.25) is 0 Å². The summed E-state index contributed by atoms with van der Waals surface area (Å²) in [4.78, 5) is 0. The third kappa shape index (κ3) is 6.58. The van der Waals surface area contributed by atoms with Crippen LogP contribution in [0.1, 0.15) is 22.3 Å². The number of halogens is 1. The van der Waals surface area contributed by atoms with E-state index in [-0.39, 0.29) is 38.6 Å². The van der Waals surface area contributed by atoms with E-state index in [4.69, 9.17) is 10.2 Å². The number of hydrogen-bond donors (Lipinski definition) is 2. The Morgan fingerprint density at radius 1 is 0.750 bits per heavy atom. The minimum absolute atomic E-state index is 0. The molecule has 0 bridgehead atoms. The van der Waals surface area contributed by atoms with Crippen LogP contribution in [0.15, 0.2) is 36.4 Å². The summed E-state index contributed by atoms with van der Waals surface area (Å²) in [5.74, 6) is 0.769. The second-order valence-corrected chi connectivity index (χ2v) is 4.51. The van der Waals surface area contributed by atoms with Crippen molar-refractivity contribution in [2.24, 2.45) is 0 Å². The van der Waals surface area contributed by atoms with Crippen molar-refractivity contribution < 1.29 is 36.4 Å². The maximum Gasteiger partial charge on any atom is 0.118 e. The molecule has 0 radical (unpaired) electrons. The van der Waals surface area contributed by atoms with Crippen LogP contribution in [-0.2, 0) is 26.2 Å². The summed E-state index contributed by atoms with van der Waals surface area (Å²) < 4.78 is 0. The minimum Gasteiger partial charge on any atom is -0.508 e. The van der Waals surface area contributed by atoms with Crippen molar-refractivity contribution >= 4 is 12.4 Å². The Kier molecular flexibility index (Phi) is 10.8. The molecule has 0 saturated carbocycles. The van der Waals surface area contributed by atoms with Crippen LogP contribution in [0, 0.1) is 27.7 Å². The molecular weight excluding hydrogens is 351 g/mol. The molecule has 4 heteroatoms. The summed E-state index contributed by atoms with van der Waals surface area (Å²) >= 11 is 0. The van der Waals surface area contributed by atoms with E-state index >= 15 is 0 Å². The fourth-order valence-corrected chi connectivity index (χ4v) is 1.46. The molecule has 2 aromatic rings. The summed E-state index contributed by atoms with van der Waals surface area (Å²) in [5, 5.41) is 18.2. The molecule has 0 aliphatic heterocycles. The van der Waals surface area contributed by atoms with Gasteiger partial charge in [0, 0.05) is 26.2 Å². The molecule has 20 heavy (non-hydrogen) atoms. The zero-order valence-electron chi connectivity index (χ0n) is 12.3. The summed E-state index contributed by atoms with van der Waals surface area (Å²) in [7, 11) is 0. The molecule has 0 fully saturated rings. The molecule has 0 aliphatic carbocycles. The molecule has 0 amide bonds. The molecule has 0 aromatic heterocycles. The van der Waals surface area contributed by atoms with Crippen LogP contribution in [0.3, 0.4) is 0 Å². The van der Waals surface area contributed by atoms with Crippen molar-refractivity contribution in [2.75, 3.05) is 0 Å². The first-order chi connectivity index (χ1) is 8.41. The fourth-order valence-electron chi connectivity index (χ4n) is 1.46. The molecule has 108 valence electrons. The van der Waals surface area contributed by atoms with Gasteiger partial charge >= 0.3 is 0 Å². The first-order valence-corrected chi connectivity index (χ1v) is 5.93. The Balaban J connectivity index is 0. The van der Waals surface area contributed by atoms with Crippen LogP contribution >= 0.6 is 12.4 Å². The Morgan fingerprint density at radius 2 is 1.35 bits per heavy atom. The van der Waals surface area contributed by atoms with Gasteiger partial charge in [-0.15, -0.1) is 12.4 Å². The molecule has 2 aromatic carbocycles. The summed E-state index contributed by atoms with van der Waals surface area (Å²) in [6, 6.07) is 11.2. The smallest absolute Gasteiger partial charge is 0.118 e. The third-order valence-corrected chi connectivity index (χ3v) is 2.94. The van der Waals surface area contributed by atoms with Gasteiger partial charge in [0.15, 0.2) is 0 Å². The average Bonchev–Trinajstić information content (AvgIpc) is 2.32. The van der Waals surface area contributed by atoms with Crippen LogP contribution in [0.5, 0.6) is 11.5 Å². The summed E-state index contributed by atoms with van der Waals surface area (Å²) in [6.45, 7) is 7.73. The molecule has 0 unspecified atom stereocenters. The zero-order valence-corrected chi connectivity index (χ0v) is 15.5. The van der Waals surface area contributed by atoms with Gasteiger partial charge in [0.25, 0.3) is 0 Å². The number of hydrogen-bond acceptors (Lipinski definition) is 2. The van der Waals surface area contributed by atoms with Gasteiger partial charge in [-0.1, -0.05) is 24.3 Å². The molecule has 0 aliphatic rings. The van der Waals surface area contributed by atoms with E-state index < -0.39 is 0 Å². The molecule has 0 heterocycles. The van der Waals surface area contributed by atoms with E-state index in [0.29, 0.717) is 11.5 Å². The van der Waals surface area contributed by atoms with Crippen molar-refractivity contribution in [2.45, 2.75) is 27.7 Å². The number of benzene rings is 2. The monoisotopic (exact) mass is 370 g/mol. The Morgan fingerprint density at radius 3 is 1.75 bits per heavy atom. The standard InChI is InChI=1S/2C8H10O.ClH.Zr/c1-6-3-4-7(2)8(9)5-6;1-6-4-3-5-8(9)7(6)2;;/h2*3-5,9H,1-2H3;1H;. The normalized spacial score (nSPS) is 8.60. The second kappa shape index (κ2) is 10.0. The topological polar surface area (TPSA) is 40.5 Å². The van der Waals surface area contributed by atoms with E-state index in [1.165, 1.54) is 0 Å². The van der Waals surface area contributed by atoms with Gasteiger partial charge < -0.3 is 10.2 Å². The second-order valence-electron chi connectivity index (χ2n) is 4.51. The largest absolute Gasteiger partial charge is 0.508 e. The van der Waals surface area contributed by atoms with E-state index in [0.717, 1.165) is 22.3 Å². The number of rotatable bonds is 0. The van der Waals surface area contributed by atoms with Crippen molar-refractivity contribution in [1.29, 1.82) is 0 Å². The Labute approximate surface area is 146 Å². The van der Waals surface area contributed by atoms with E-state index in [1.54, 1.807) is 12.1 Å². The van der Waals surface area contributed by atoms with Gasteiger partial charge in [0.1, 0.15) is 11.5 Å². The van der Waals surface area contributed by atoms with Crippen molar-refractivity contribution in [1.82, 2.24) is 0 Å². The Hall–Kier alpha value is -0.787. The van der Waals surface area contributed by atoms with Gasteiger partial charge in [-0.2, -0.15) is 0 Å². The first kappa shape index (κ1) is 21.5. The minimum atomic E-state index is 0. The molecule has 0 atom stereocenters. The predicted octanol–water partition coefficient (Wildman–Crippen LogP) is 4.44. The SMILES string of the molecule is Cc1ccc(C)c(O)c1.Cc1cccc(O)c1C.Cl.[Zr]. The van der Waals surface area contributed by atoms with Gasteiger partial charge in [-0.05, 0) is 62.1 Å². The van der Waals surface area contributed by atoms with Crippen LogP contribution in [-0.4, -0.2) is 10.2 Å². The molecular formula is C16H21ClO2Zr.